The monoisotopic (exact) mass is 248 g/mol. The van der Waals surface area contributed by atoms with Gasteiger partial charge in [0.25, 0.3) is 0 Å². The van der Waals surface area contributed by atoms with Crippen molar-refractivity contribution in [3.05, 3.63) is 35.4 Å². The van der Waals surface area contributed by atoms with Crippen molar-refractivity contribution < 1.29 is 14.6 Å². The first kappa shape index (κ1) is 13.1. The molecule has 0 aliphatic heterocycles. The van der Waals surface area contributed by atoms with Crippen LogP contribution in [0.5, 0.6) is 0 Å². The van der Waals surface area contributed by atoms with Crippen LogP contribution in [0.15, 0.2) is 24.3 Å². The van der Waals surface area contributed by atoms with Gasteiger partial charge in [0.15, 0.2) is 6.10 Å². The first-order valence-corrected chi connectivity index (χ1v) is 6.58. The summed E-state index contributed by atoms with van der Waals surface area (Å²) in [6, 6.07) is 7.71. The molecule has 3 heteroatoms. The molecule has 1 saturated carbocycles. The average molecular weight is 248 g/mol. The van der Waals surface area contributed by atoms with Crippen molar-refractivity contribution in [3.63, 3.8) is 0 Å². The summed E-state index contributed by atoms with van der Waals surface area (Å²) in [5.41, 5.74) is 1.86. The number of hydrogen-bond donors (Lipinski definition) is 1. The molecule has 1 aromatic rings. The highest BCUT2D eigenvalue weighted by atomic mass is 16.5. The zero-order chi connectivity index (χ0) is 13.0. The van der Waals surface area contributed by atoms with Crippen LogP contribution in [0.25, 0.3) is 0 Å². The third kappa shape index (κ3) is 2.91. The molecule has 2 rings (SSSR count). The van der Waals surface area contributed by atoms with E-state index in [0.717, 1.165) is 0 Å². The molecule has 1 atom stereocenters. The Hall–Kier alpha value is -1.35. The average Bonchev–Trinajstić information content (AvgIpc) is 2.46. The van der Waals surface area contributed by atoms with Crippen LogP contribution >= 0.6 is 0 Å². The smallest absolute Gasteiger partial charge is 0.339 e. The molecule has 1 fully saturated rings. The largest absolute Gasteiger partial charge is 0.467 e. The highest BCUT2D eigenvalue weighted by Gasteiger charge is 2.20. The van der Waals surface area contributed by atoms with Crippen molar-refractivity contribution in [2.24, 2.45) is 0 Å². The van der Waals surface area contributed by atoms with Gasteiger partial charge in [-0.1, -0.05) is 43.5 Å². The Labute approximate surface area is 108 Å². The van der Waals surface area contributed by atoms with Crippen molar-refractivity contribution in [2.45, 2.75) is 44.1 Å². The van der Waals surface area contributed by atoms with Crippen LogP contribution in [0.1, 0.15) is 55.3 Å². The van der Waals surface area contributed by atoms with Crippen LogP contribution in [0.4, 0.5) is 0 Å². The van der Waals surface area contributed by atoms with E-state index in [0.29, 0.717) is 11.5 Å². The molecule has 1 aromatic carbocycles. The number of methoxy groups -OCH3 is 1. The molecule has 1 unspecified atom stereocenters. The fourth-order valence-corrected chi connectivity index (χ4v) is 2.67. The molecule has 3 nitrogen and oxygen atoms in total. The quantitative estimate of drug-likeness (QED) is 0.836. The van der Waals surface area contributed by atoms with Gasteiger partial charge < -0.3 is 9.84 Å². The van der Waals surface area contributed by atoms with Crippen LogP contribution in [-0.4, -0.2) is 18.2 Å². The van der Waals surface area contributed by atoms with Crippen LogP contribution in [0.2, 0.25) is 0 Å². The zero-order valence-electron chi connectivity index (χ0n) is 10.8. The molecule has 98 valence electrons. The molecule has 0 bridgehead atoms. The molecular weight excluding hydrogens is 228 g/mol. The number of rotatable bonds is 3. The number of carbonyl (C=O) groups is 1. The fraction of sp³-hybridized carbons (Fsp3) is 0.533. The van der Waals surface area contributed by atoms with Crippen LogP contribution in [-0.2, 0) is 9.53 Å². The second-order valence-corrected chi connectivity index (χ2v) is 4.93. The number of hydrogen-bond acceptors (Lipinski definition) is 3. The van der Waals surface area contributed by atoms with Gasteiger partial charge in [-0.2, -0.15) is 0 Å². The van der Waals surface area contributed by atoms with Crippen molar-refractivity contribution in [2.75, 3.05) is 7.11 Å². The van der Waals surface area contributed by atoms with Gasteiger partial charge in [-0.3, -0.25) is 0 Å². The molecule has 0 spiro atoms. The minimum Gasteiger partial charge on any atom is -0.467 e. The van der Waals surface area contributed by atoms with Gasteiger partial charge in [-0.05, 0) is 29.9 Å². The maximum atomic E-state index is 11.3. The third-order valence-corrected chi connectivity index (χ3v) is 3.73. The van der Waals surface area contributed by atoms with E-state index in [1.54, 1.807) is 6.07 Å². The van der Waals surface area contributed by atoms with Crippen molar-refractivity contribution in [1.29, 1.82) is 0 Å². The predicted molar refractivity (Wildman–Crippen MR) is 69.2 cm³/mol. The first-order valence-electron chi connectivity index (χ1n) is 6.58. The molecule has 0 radical (unpaired) electrons. The Bertz CT molecular complexity index is 408. The molecular formula is C15H20O3. The SMILES string of the molecule is COC(=O)C(O)c1cccc(C2CCCCC2)c1. The number of benzene rings is 1. The second-order valence-electron chi connectivity index (χ2n) is 4.93. The first-order chi connectivity index (χ1) is 8.72. The summed E-state index contributed by atoms with van der Waals surface area (Å²) >= 11 is 0. The Morgan fingerprint density at radius 3 is 2.72 bits per heavy atom. The predicted octanol–water partition coefficient (Wildman–Crippen LogP) is 2.94. The van der Waals surface area contributed by atoms with E-state index in [1.165, 1.54) is 44.8 Å². The minimum atomic E-state index is -1.17. The summed E-state index contributed by atoms with van der Waals surface area (Å²) in [6.45, 7) is 0. The highest BCUT2D eigenvalue weighted by molar-refractivity contribution is 5.76. The lowest BCUT2D eigenvalue weighted by molar-refractivity contribution is -0.150. The van der Waals surface area contributed by atoms with Gasteiger partial charge in [0.05, 0.1) is 7.11 Å². The Morgan fingerprint density at radius 1 is 1.33 bits per heavy atom. The zero-order valence-corrected chi connectivity index (χ0v) is 10.8. The molecule has 1 aliphatic rings. The van der Waals surface area contributed by atoms with Gasteiger partial charge >= 0.3 is 5.97 Å². The number of aliphatic hydroxyl groups excluding tert-OH is 1. The van der Waals surface area contributed by atoms with Crippen LogP contribution in [0, 0.1) is 0 Å². The summed E-state index contributed by atoms with van der Waals surface area (Å²) in [7, 11) is 1.29. The van der Waals surface area contributed by atoms with Gasteiger partial charge in [-0.15, -0.1) is 0 Å². The van der Waals surface area contributed by atoms with Gasteiger partial charge in [0, 0.05) is 0 Å². The van der Waals surface area contributed by atoms with E-state index in [4.69, 9.17) is 0 Å². The Balaban J connectivity index is 2.16. The Morgan fingerprint density at radius 2 is 2.06 bits per heavy atom. The molecule has 0 heterocycles. The van der Waals surface area contributed by atoms with Gasteiger partial charge in [0.1, 0.15) is 0 Å². The third-order valence-electron chi connectivity index (χ3n) is 3.73. The normalized spacial score (nSPS) is 18.3. The lowest BCUT2D eigenvalue weighted by Gasteiger charge is -2.22. The maximum absolute atomic E-state index is 11.3. The minimum absolute atomic E-state index is 0.573. The second kappa shape index (κ2) is 6.01. The fourth-order valence-electron chi connectivity index (χ4n) is 2.67. The molecule has 0 aromatic heterocycles. The number of carbonyl (C=O) groups excluding carboxylic acids is 1. The number of esters is 1. The molecule has 0 amide bonds. The highest BCUT2D eigenvalue weighted by Crippen LogP contribution is 2.33. The number of ether oxygens (including phenoxy) is 1. The summed E-state index contributed by atoms with van der Waals surface area (Å²) in [6.07, 6.45) is 5.11. The van der Waals surface area contributed by atoms with Crippen molar-refractivity contribution in [1.82, 2.24) is 0 Å². The van der Waals surface area contributed by atoms with Crippen molar-refractivity contribution >= 4 is 5.97 Å². The molecule has 1 aliphatic carbocycles. The van der Waals surface area contributed by atoms with Gasteiger partial charge in [-0.25, -0.2) is 4.79 Å². The van der Waals surface area contributed by atoms with E-state index in [-0.39, 0.29) is 0 Å². The van der Waals surface area contributed by atoms with Crippen LogP contribution < -0.4 is 0 Å². The van der Waals surface area contributed by atoms with E-state index < -0.39 is 12.1 Å². The van der Waals surface area contributed by atoms with E-state index in [1.807, 2.05) is 12.1 Å². The van der Waals surface area contributed by atoms with E-state index in [9.17, 15) is 9.90 Å². The molecule has 18 heavy (non-hydrogen) atoms. The van der Waals surface area contributed by atoms with Crippen LogP contribution in [0.3, 0.4) is 0 Å². The summed E-state index contributed by atoms with van der Waals surface area (Å²) in [5.74, 6) is -0.0284. The van der Waals surface area contributed by atoms with Crippen molar-refractivity contribution in [3.8, 4) is 0 Å². The molecule has 1 N–H and O–H groups in total. The standard InChI is InChI=1S/C15H20O3/c1-18-15(17)14(16)13-9-5-8-12(10-13)11-6-3-2-4-7-11/h5,8-11,14,16H,2-4,6-7H2,1H3. The van der Waals surface area contributed by atoms with E-state index >= 15 is 0 Å². The summed E-state index contributed by atoms with van der Waals surface area (Å²) < 4.78 is 4.56. The molecule has 0 saturated heterocycles. The van der Waals surface area contributed by atoms with E-state index in [2.05, 4.69) is 10.8 Å². The Kier molecular flexibility index (Phi) is 4.37. The number of aliphatic hydroxyl groups is 1. The topological polar surface area (TPSA) is 46.5 Å². The lowest BCUT2D eigenvalue weighted by Crippen LogP contribution is -2.14. The summed E-state index contributed by atoms with van der Waals surface area (Å²) in [5, 5.41) is 9.84. The maximum Gasteiger partial charge on any atom is 0.339 e. The summed E-state index contributed by atoms with van der Waals surface area (Å²) in [4.78, 5) is 11.3. The lowest BCUT2D eigenvalue weighted by atomic mass is 9.83. The van der Waals surface area contributed by atoms with Gasteiger partial charge in [0.2, 0.25) is 0 Å².